The van der Waals surface area contributed by atoms with Crippen LogP contribution in [0.2, 0.25) is 0 Å². The van der Waals surface area contributed by atoms with Crippen molar-refractivity contribution in [1.29, 1.82) is 0 Å². The van der Waals surface area contributed by atoms with Gasteiger partial charge in [0.2, 0.25) is 5.91 Å². The summed E-state index contributed by atoms with van der Waals surface area (Å²) in [6.07, 6.45) is -0.911. The molecule has 1 saturated heterocycles. The predicted octanol–water partition coefficient (Wildman–Crippen LogP) is 6.60. The number of hydrogen-bond acceptors (Lipinski definition) is 4. The second-order valence-electron chi connectivity index (χ2n) is 10.1. The third-order valence-corrected chi connectivity index (χ3v) is 7.06. The molecule has 9 nitrogen and oxygen atoms in total. The van der Waals surface area contributed by atoms with E-state index >= 15 is 4.39 Å². The fourth-order valence-electron chi connectivity index (χ4n) is 5.21. The largest absolute Gasteiger partial charge is 0.465 e. The molecule has 3 aromatic carbocycles. The van der Waals surface area contributed by atoms with Gasteiger partial charge in [-0.1, -0.05) is 35.4 Å². The van der Waals surface area contributed by atoms with E-state index in [2.05, 4.69) is 15.3 Å². The lowest BCUT2D eigenvalue weighted by atomic mass is 9.84. The summed E-state index contributed by atoms with van der Waals surface area (Å²) in [7, 11) is 0. The Morgan fingerprint density at radius 3 is 2.27 bits per heavy atom. The van der Waals surface area contributed by atoms with Gasteiger partial charge in [0.15, 0.2) is 0 Å². The van der Waals surface area contributed by atoms with Gasteiger partial charge >= 0.3 is 6.09 Å². The first-order chi connectivity index (χ1) is 19.5. The second kappa shape index (κ2) is 12.3. The molecule has 0 spiro atoms. The van der Waals surface area contributed by atoms with Crippen LogP contribution in [0.25, 0.3) is 10.4 Å². The smallest absolute Gasteiger partial charge is 0.409 e. The number of hydrogen-bond donors (Lipinski definition) is 2. The van der Waals surface area contributed by atoms with Gasteiger partial charge in [-0.25, -0.2) is 18.0 Å². The van der Waals surface area contributed by atoms with Crippen LogP contribution in [0.5, 0.6) is 0 Å². The van der Waals surface area contributed by atoms with Gasteiger partial charge < -0.3 is 15.2 Å². The molecule has 1 aliphatic heterocycles. The van der Waals surface area contributed by atoms with Crippen LogP contribution in [-0.4, -0.2) is 46.4 Å². The van der Waals surface area contributed by atoms with Gasteiger partial charge in [0, 0.05) is 22.1 Å². The second-order valence-corrected chi connectivity index (χ2v) is 10.1. The topological polar surface area (TPSA) is 128 Å². The average molecular weight is 568 g/mol. The molecule has 12 heteroatoms. The summed E-state index contributed by atoms with van der Waals surface area (Å²) in [6, 6.07) is 12.6. The van der Waals surface area contributed by atoms with Crippen LogP contribution in [0.4, 0.5) is 23.7 Å². The Kier molecular flexibility index (Phi) is 8.85. The number of nitrogens with one attached hydrogen (secondary N) is 1. The number of amides is 2. The van der Waals surface area contributed by atoms with Crippen LogP contribution in [0.15, 0.2) is 71.8 Å². The van der Waals surface area contributed by atoms with E-state index in [1.807, 2.05) is 0 Å². The van der Waals surface area contributed by atoms with E-state index in [-0.39, 0.29) is 41.8 Å². The van der Waals surface area contributed by atoms with Crippen LogP contribution in [0, 0.1) is 17.5 Å². The molecule has 4 rings (SSSR count). The number of carbonyl (C=O) groups is 2. The van der Waals surface area contributed by atoms with E-state index in [4.69, 9.17) is 4.74 Å². The van der Waals surface area contributed by atoms with Gasteiger partial charge in [0.25, 0.3) is 0 Å². The Balaban J connectivity index is 1.65. The third-order valence-electron chi connectivity index (χ3n) is 7.06. The maximum absolute atomic E-state index is 15.0. The minimum Gasteiger partial charge on any atom is -0.465 e. The maximum Gasteiger partial charge on any atom is 0.409 e. The van der Waals surface area contributed by atoms with Crippen molar-refractivity contribution in [2.24, 2.45) is 5.11 Å². The van der Waals surface area contributed by atoms with E-state index in [1.54, 1.807) is 13.8 Å². The molecule has 41 heavy (non-hydrogen) atoms. The van der Waals surface area contributed by atoms with Crippen molar-refractivity contribution < 1.29 is 32.6 Å². The molecule has 1 heterocycles. The number of ether oxygens (including phenoxy) is 1. The molecule has 1 aliphatic rings. The van der Waals surface area contributed by atoms with Crippen LogP contribution in [-0.2, 0) is 16.0 Å². The summed E-state index contributed by atoms with van der Waals surface area (Å²) in [6.45, 7) is 3.37. The van der Waals surface area contributed by atoms with Gasteiger partial charge in [0.05, 0.1) is 12.6 Å². The highest BCUT2D eigenvalue weighted by Crippen LogP contribution is 2.34. The molecule has 0 bridgehead atoms. The highest BCUT2D eigenvalue weighted by Gasteiger charge is 2.43. The molecule has 2 N–H and O–H groups in total. The normalized spacial score (nSPS) is 16.7. The summed E-state index contributed by atoms with van der Waals surface area (Å²) in [5, 5.41) is 16.0. The maximum atomic E-state index is 15.0. The van der Waals surface area contributed by atoms with Crippen molar-refractivity contribution in [3.63, 3.8) is 0 Å². The van der Waals surface area contributed by atoms with E-state index in [0.29, 0.717) is 0 Å². The quantitative estimate of drug-likeness (QED) is 0.171. The number of benzene rings is 3. The highest BCUT2D eigenvalue weighted by molar-refractivity contribution is 5.96. The van der Waals surface area contributed by atoms with Gasteiger partial charge in [-0.2, -0.15) is 0 Å². The Bertz CT molecular complexity index is 1450. The summed E-state index contributed by atoms with van der Waals surface area (Å²) in [5.74, 6) is -3.74. The van der Waals surface area contributed by atoms with E-state index < -0.39 is 53.2 Å². The van der Waals surface area contributed by atoms with Gasteiger partial charge in [-0.3, -0.25) is 9.69 Å². The molecule has 0 aliphatic carbocycles. The lowest BCUT2D eigenvalue weighted by Gasteiger charge is -2.31. The number of azide groups is 1. The summed E-state index contributed by atoms with van der Waals surface area (Å²) in [4.78, 5) is 29.4. The van der Waals surface area contributed by atoms with Gasteiger partial charge in [-0.05, 0) is 79.7 Å². The minimum absolute atomic E-state index is 0.0551. The number of carbonyl (C=O) groups excluding carboxylic acids is 1. The first kappa shape index (κ1) is 29.4. The molecule has 214 valence electrons. The zero-order valence-electron chi connectivity index (χ0n) is 22.3. The standard InChI is InChI=1S/C29H28F3N5O4/c1-29(2)37(28(39)40)21(16-41-29)12-13-22-23(32)10-5-11-24(22)34-27(38)26(35-36-33)25(17-6-3-8-19(30)14-17)18-7-4-9-20(31)15-18/h3-11,14-15,21,25-26H,12-13,16H2,1-2H3,(H,34,38)(H,39,40)/t21?,26-/m0/s1. The summed E-state index contributed by atoms with van der Waals surface area (Å²) in [5.41, 5.74) is 9.01. The summed E-state index contributed by atoms with van der Waals surface area (Å²) < 4.78 is 49.0. The SMILES string of the molecule is CC1(C)OCC(CCc2c(F)cccc2NC(=O)[C@@H](N=[N+]=[N-])C(c2cccc(F)c2)c2cccc(F)c2)N1C(=O)O. The molecule has 0 radical (unpaired) electrons. The Hall–Kier alpha value is -4.54. The Morgan fingerprint density at radius 2 is 1.71 bits per heavy atom. The minimum atomic E-state index is -1.51. The van der Waals surface area contributed by atoms with Crippen LogP contribution >= 0.6 is 0 Å². The Labute approximate surface area is 234 Å². The molecule has 2 atom stereocenters. The van der Waals surface area contributed by atoms with Crippen molar-refractivity contribution in [3.05, 3.63) is 111 Å². The van der Waals surface area contributed by atoms with Crippen molar-refractivity contribution in [3.8, 4) is 0 Å². The molecular formula is C29H28F3N5O4. The van der Waals surface area contributed by atoms with Crippen molar-refractivity contribution in [2.45, 2.75) is 50.4 Å². The first-order valence-electron chi connectivity index (χ1n) is 12.8. The summed E-state index contributed by atoms with van der Waals surface area (Å²) >= 11 is 0. The zero-order valence-corrected chi connectivity index (χ0v) is 22.3. The van der Waals surface area contributed by atoms with Crippen LogP contribution in [0.3, 0.4) is 0 Å². The van der Waals surface area contributed by atoms with Gasteiger partial charge in [0.1, 0.15) is 29.2 Å². The number of anilines is 1. The lowest BCUT2D eigenvalue weighted by Crippen LogP contribution is -2.47. The molecular weight excluding hydrogens is 539 g/mol. The number of halogens is 3. The van der Waals surface area contributed by atoms with Crippen LogP contribution < -0.4 is 5.32 Å². The number of nitrogens with zero attached hydrogens (tertiary/aromatic N) is 4. The van der Waals surface area contributed by atoms with Crippen molar-refractivity contribution >= 4 is 17.7 Å². The van der Waals surface area contributed by atoms with E-state index in [0.717, 1.165) is 12.1 Å². The average Bonchev–Trinajstić information content (AvgIpc) is 3.22. The molecule has 1 unspecified atom stereocenters. The van der Waals surface area contributed by atoms with E-state index in [1.165, 1.54) is 59.5 Å². The molecule has 3 aromatic rings. The molecule has 1 fully saturated rings. The lowest BCUT2D eigenvalue weighted by molar-refractivity contribution is -0.117. The fraction of sp³-hybridized carbons (Fsp3) is 0.310. The molecule has 2 amide bonds. The Morgan fingerprint density at radius 1 is 1.10 bits per heavy atom. The zero-order chi connectivity index (χ0) is 29.7. The highest BCUT2D eigenvalue weighted by atomic mass is 19.1. The predicted molar refractivity (Wildman–Crippen MR) is 145 cm³/mol. The fourth-order valence-corrected chi connectivity index (χ4v) is 5.21. The number of carboxylic acid groups (broad SMARTS) is 1. The number of rotatable bonds is 9. The van der Waals surface area contributed by atoms with E-state index in [9.17, 15) is 29.0 Å². The van der Waals surface area contributed by atoms with Crippen molar-refractivity contribution in [2.75, 3.05) is 11.9 Å². The third kappa shape index (κ3) is 6.62. The molecule has 0 aromatic heterocycles. The monoisotopic (exact) mass is 567 g/mol. The van der Waals surface area contributed by atoms with Gasteiger partial charge in [-0.15, -0.1) is 0 Å². The van der Waals surface area contributed by atoms with Crippen LogP contribution in [0.1, 0.15) is 42.9 Å². The van der Waals surface area contributed by atoms with Crippen molar-refractivity contribution in [1.82, 2.24) is 4.90 Å². The first-order valence-corrected chi connectivity index (χ1v) is 12.8. The molecule has 0 saturated carbocycles.